The number of piperidine rings is 1. The van der Waals surface area contributed by atoms with Crippen molar-refractivity contribution < 1.29 is 27.5 Å². The van der Waals surface area contributed by atoms with Crippen LogP contribution in [0.3, 0.4) is 0 Å². The number of thiophene rings is 1. The molecule has 10 nitrogen and oxygen atoms in total. The molecule has 1 fully saturated rings. The summed E-state index contributed by atoms with van der Waals surface area (Å²) >= 11 is 1.19. The van der Waals surface area contributed by atoms with Crippen molar-refractivity contribution in [3.8, 4) is 11.5 Å². The molecule has 1 saturated heterocycles. The van der Waals surface area contributed by atoms with E-state index in [0.29, 0.717) is 41.1 Å². The number of aryl methyl sites for hydroxylation is 1. The van der Waals surface area contributed by atoms with Gasteiger partial charge in [0.15, 0.2) is 11.5 Å². The molecule has 6 rings (SSSR count). The number of hydrogen-bond donors (Lipinski definition) is 2. The van der Waals surface area contributed by atoms with Crippen molar-refractivity contribution in [1.82, 2.24) is 19.8 Å². The van der Waals surface area contributed by atoms with E-state index >= 15 is 0 Å². The van der Waals surface area contributed by atoms with Crippen LogP contribution in [0.1, 0.15) is 81.7 Å². The molecular weight excluding hydrogens is 697 g/mol. The molecule has 4 aromatic rings. The molecule has 0 radical (unpaired) electrons. The lowest BCUT2D eigenvalue weighted by molar-refractivity contribution is -0.136. The maximum atomic E-state index is 14.0. The third-order valence-corrected chi connectivity index (χ3v) is 13.9. The minimum absolute atomic E-state index is 0.0568. The van der Waals surface area contributed by atoms with Gasteiger partial charge in [-0.15, -0.1) is 11.3 Å². The van der Waals surface area contributed by atoms with Gasteiger partial charge in [-0.3, -0.25) is 14.5 Å². The number of rotatable bonds is 13. The van der Waals surface area contributed by atoms with E-state index in [4.69, 9.17) is 9.47 Å². The molecule has 0 aliphatic carbocycles. The highest BCUT2D eigenvalue weighted by molar-refractivity contribution is 7.91. The van der Waals surface area contributed by atoms with E-state index < -0.39 is 28.0 Å². The minimum Gasteiger partial charge on any atom is -0.454 e. The van der Waals surface area contributed by atoms with Crippen LogP contribution in [0.2, 0.25) is 0 Å². The van der Waals surface area contributed by atoms with Crippen LogP contribution in [-0.2, 0) is 32.6 Å². The second-order valence-corrected chi connectivity index (χ2v) is 17.4. The normalized spacial score (nSPS) is 18.8. The molecule has 278 valence electrons. The van der Waals surface area contributed by atoms with E-state index in [1.165, 1.54) is 36.2 Å². The van der Waals surface area contributed by atoms with Gasteiger partial charge in [-0.25, -0.2) is 13.1 Å². The van der Waals surface area contributed by atoms with Crippen molar-refractivity contribution in [1.29, 1.82) is 0 Å². The first-order valence-corrected chi connectivity index (χ1v) is 20.4. The Bertz CT molecular complexity index is 2000. The largest absolute Gasteiger partial charge is 0.454 e. The third-order valence-electron chi connectivity index (χ3n) is 10.5. The topological polar surface area (TPSA) is 117 Å². The average Bonchev–Trinajstić information content (AvgIpc) is 3.73. The van der Waals surface area contributed by atoms with E-state index in [0.717, 1.165) is 22.2 Å². The van der Waals surface area contributed by atoms with Crippen LogP contribution in [0.15, 0.2) is 70.9 Å². The predicted molar refractivity (Wildman–Crippen MR) is 205 cm³/mol. The molecule has 0 bridgehead atoms. The molecule has 2 aliphatic rings. The number of nitrogens with one attached hydrogen (secondary N) is 2. The van der Waals surface area contributed by atoms with E-state index in [1.807, 2.05) is 50.2 Å². The standard InChI is InChI=1S/C40H50N4O6S2/c1-25(2)43(6)39(46)34(20-29-14-16-30(17-15-29)23-44-26(3)10-9-11-27(44)4)41-38(45)22-33(31-18-19-35-36(21-31)50-24-49-35)42-52(47,48)40-28(5)32-12-7-8-13-37(32)51-40/h7-8,12-19,21,25-27,33-34,42H,9-11,20,22-24H2,1-6H3,(H,41,45)/t26?,27?,33-,34+/m0/s1. The Morgan fingerprint density at radius 1 is 0.962 bits per heavy atom. The molecule has 2 aliphatic heterocycles. The van der Waals surface area contributed by atoms with Crippen LogP contribution in [0.25, 0.3) is 10.1 Å². The van der Waals surface area contributed by atoms with Gasteiger partial charge in [-0.1, -0.05) is 55.0 Å². The van der Waals surface area contributed by atoms with Crippen LogP contribution in [0.4, 0.5) is 0 Å². The minimum atomic E-state index is -4.06. The van der Waals surface area contributed by atoms with Crippen molar-refractivity contribution >= 4 is 43.3 Å². The third kappa shape index (κ3) is 8.46. The number of likely N-dealkylation sites (N-methyl/N-ethyl adjacent to an activating group) is 1. The second-order valence-electron chi connectivity index (χ2n) is 14.5. The Kier molecular flexibility index (Phi) is 11.6. The smallest absolute Gasteiger partial charge is 0.250 e. The predicted octanol–water partition coefficient (Wildman–Crippen LogP) is 6.71. The second kappa shape index (κ2) is 16.0. The van der Waals surface area contributed by atoms with E-state index in [1.54, 1.807) is 37.1 Å². The molecular formula is C40H50N4O6S2. The number of fused-ring (bicyclic) bond motifs is 2. The summed E-state index contributed by atoms with van der Waals surface area (Å²) in [5.74, 6) is 0.339. The number of nitrogens with zero attached hydrogens (tertiary/aromatic N) is 2. The molecule has 1 aromatic heterocycles. The maximum absolute atomic E-state index is 14.0. The first-order chi connectivity index (χ1) is 24.8. The highest BCUT2D eigenvalue weighted by Crippen LogP contribution is 2.37. The zero-order valence-corrected chi connectivity index (χ0v) is 32.5. The Labute approximate surface area is 311 Å². The van der Waals surface area contributed by atoms with E-state index in [2.05, 4.69) is 40.9 Å². The fraction of sp³-hybridized carbons (Fsp3) is 0.450. The van der Waals surface area contributed by atoms with Gasteiger partial charge >= 0.3 is 0 Å². The van der Waals surface area contributed by atoms with Gasteiger partial charge < -0.3 is 19.7 Å². The van der Waals surface area contributed by atoms with Gasteiger partial charge in [0, 0.05) is 49.3 Å². The Morgan fingerprint density at radius 2 is 1.63 bits per heavy atom. The number of likely N-dealkylation sites (tertiary alicyclic amines) is 1. The van der Waals surface area contributed by atoms with Crippen LogP contribution < -0.4 is 19.5 Å². The summed E-state index contributed by atoms with van der Waals surface area (Å²) in [5, 5.41) is 3.84. The Morgan fingerprint density at radius 3 is 2.33 bits per heavy atom. The monoisotopic (exact) mass is 746 g/mol. The number of sulfonamides is 1. The van der Waals surface area contributed by atoms with Crippen LogP contribution in [-0.4, -0.2) is 68.0 Å². The van der Waals surface area contributed by atoms with Crippen LogP contribution >= 0.6 is 11.3 Å². The molecule has 2 unspecified atom stereocenters. The molecule has 0 saturated carbocycles. The molecule has 52 heavy (non-hydrogen) atoms. The molecule has 3 aromatic carbocycles. The summed E-state index contributed by atoms with van der Waals surface area (Å²) in [6.07, 6.45) is 3.72. The molecule has 3 heterocycles. The maximum Gasteiger partial charge on any atom is 0.250 e. The summed E-state index contributed by atoms with van der Waals surface area (Å²) in [5.41, 5.74) is 3.32. The average molecular weight is 747 g/mol. The van der Waals surface area contributed by atoms with Crippen molar-refractivity contribution in [2.75, 3.05) is 13.8 Å². The summed E-state index contributed by atoms with van der Waals surface area (Å²) in [7, 11) is -2.33. The van der Waals surface area contributed by atoms with Gasteiger partial charge in [0.2, 0.25) is 18.6 Å². The van der Waals surface area contributed by atoms with E-state index in [9.17, 15) is 18.0 Å². The number of carbonyl (C=O) groups excluding carboxylic acids is 2. The van der Waals surface area contributed by atoms with Gasteiger partial charge in [-0.05, 0) is 93.3 Å². The SMILES string of the molecule is Cc1c(S(=O)(=O)N[C@@H](CC(=O)N[C@H](Cc2ccc(CN3C(C)CCCC3C)cc2)C(=O)N(C)C(C)C)c2ccc3c(c2)OCO3)sc2ccccc12. The first kappa shape index (κ1) is 37.8. The number of amides is 2. The number of ether oxygens (including phenoxy) is 2. The van der Waals surface area contributed by atoms with Crippen molar-refractivity contribution in [2.45, 2.75) is 108 Å². The molecule has 4 atom stereocenters. The Hall–Kier alpha value is -3.97. The number of carbonyl (C=O) groups is 2. The molecule has 0 spiro atoms. The fourth-order valence-electron chi connectivity index (χ4n) is 7.16. The highest BCUT2D eigenvalue weighted by atomic mass is 32.2. The van der Waals surface area contributed by atoms with Gasteiger partial charge in [0.25, 0.3) is 10.0 Å². The lowest BCUT2D eigenvalue weighted by Gasteiger charge is -2.39. The van der Waals surface area contributed by atoms with Gasteiger partial charge in [0.05, 0.1) is 6.04 Å². The van der Waals surface area contributed by atoms with E-state index in [-0.39, 0.29) is 29.4 Å². The number of hydrogen-bond acceptors (Lipinski definition) is 8. The van der Waals surface area contributed by atoms with Gasteiger partial charge in [-0.2, -0.15) is 0 Å². The molecule has 2 amide bonds. The Balaban J connectivity index is 1.23. The first-order valence-electron chi connectivity index (χ1n) is 18.1. The highest BCUT2D eigenvalue weighted by Gasteiger charge is 2.31. The fourth-order valence-corrected chi connectivity index (χ4v) is 10.2. The summed E-state index contributed by atoms with van der Waals surface area (Å²) in [6, 6.07) is 20.2. The quantitative estimate of drug-likeness (QED) is 0.156. The van der Waals surface area contributed by atoms with Crippen molar-refractivity contribution in [3.05, 3.63) is 89.0 Å². The zero-order chi connectivity index (χ0) is 37.2. The van der Waals surface area contributed by atoms with Crippen LogP contribution in [0.5, 0.6) is 11.5 Å². The van der Waals surface area contributed by atoms with Crippen LogP contribution in [0, 0.1) is 6.92 Å². The zero-order valence-electron chi connectivity index (χ0n) is 30.8. The lowest BCUT2D eigenvalue weighted by Crippen LogP contribution is -2.50. The molecule has 12 heteroatoms. The summed E-state index contributed by atoms with van der Waals surface area (Å²) < 4.78 is 42.9. The van der Waals surface area contributed by atoms with Crippen molar-refractivity contribution in [2.24, 2.45) is 0 Å². The lowest BCUT2D eigenvalue weighted by atomic mass is 9.96. The summed E-state index contributed by atoms with van der Waals surface area (Å²) in [6.45, 7) is 11.2. The summed E-state index contributed by atoms with van der Waals surface area (Å²) in [4.78, 5) is 31.9. The van der Waals surface area contributed by atoms with Crippen molar-refractivity contribution in [3.63, 3.8) is 0 Å². The molecule has 2 N–H and O–H groups in total. The van der Waals surface area contributed by atoms with Gasteiger partial charge in [0.1, 0.15) is 10.3 Å². The number of benzene rings is 3.